The van der Waals surface area contributed by atoms with Crippen molar-refractivity contribution in [2.45, 2.75) is 57.9 Å². The van der Waals surface area contributed by atoms with Gasteiger partial charge < -0.3 is 15.4 Å². The highest BCUT2D eigenvalue weighted by atomic mass is 16.5. The maximum absolute atomic E-state index is 5.92. The predicted molar refractivity (Wildman–Crippen MR) is 77.8 cm³/mol. The lowest BCUT2D eigenvalue weighted by molar-refractivity contribution is 0.0359. The van der Waals surface area contributed by atoms with E-state index in [1.807, 2.05) is 0 Å². The fourth-order valence-electron chi connectivity index (χ4n) is 2.83. The van der Waals surface area contributed by atoms with Gasteiger partial charge in [0, 0.05) is 25.7 Å². The van der Waals surface area contributed by atoms with Gasteiger partial charge in [-0.3, -0.25) is 0 Å². The first kappa shape index (κ1) is 15.9. The number of rotatable bonds is 9. The number of nitrogens with zero attached hydrogens (tertiary/aromatic N) is 1. The molecule has 1 rings (SSSR count). The summed E-state index contributed by atoms with van der Waals surface area (Å²) in [4.78, 5) is 2.46. The summed E-state index contributed by atoms with van der Waals surface area (Å²) in [5.74, 6) is 0.716. The van der Waals surface area contributed by atoms with Gasteiger partial charge in [0.25, 0.3) is 0 Å². The molecule has 1 aliphatic rings. The molecule has 108 valence electrons. The van der Waals surface area contributed by atoms with Crippen LogP contribution in [-0.4, -0.2) is 44.3 Å². The van der Waals surface area contributed by atoms with Crippen LogP contribution in [0.1, 0.15) is 51.9 Å². The Morgan fingerprint density at radius 2 is 2.17 bits per heavy atom. The molecule has 0 aromatic carbocycles. The molecule has 1 fully saturated rings. The van der Waals surface area contributed by atoms with E-state index in [0.717, 1.165) is 26.3 Å². The van der Waals surface area contributed by atoms with Crippen LogP contribution in [0.3, 0.4) is 0 Å². The maximum Gasteiger partial charge on any atom is 0.0506 e. The third-order valence-electron chi connectivity index (χ3n) is 4.09. The lowest BCUT2D eigenvalue weighted by Gasteiger charge is -2.32. The van der Waals surface area contributed by atoms with Crippen LogP contribution >= 0.6 is 0 Å². The van der Waals surface area contributed by atoms with Crippen molar-refractivity contribution in [2.75, 3.05) is 33.4 Å². The zero-order chi connectivity index (χ0) is 13.2. The third kappa shape index (κ3) is 6.17. The summed E-state index contributed by atoms with van der Waals surface area (Å²) in [6.45, 7) is 6.09. The Hall–Kier alpha value is -0.120. The summed E-state index contributed by atoms with van der Waals surface area (Å²) in [5.41, 5.74) is 5.92. The van der Waals surface area contributed by atoms with Crippen LogP contribution in [0.5, 0.6) is 0 Å². The zero-order valence-electron chi connectivity index (χ0n) is 12.4. The molecule has 2 unspecified atom stereocenters. The monoisotopic (exact) mass is 256 g/mol. The van der Waals surface area contributed by atoms with Crippen molar-refractivity contribution in [3.05, 3.63) is 0 Å². The molecule has 0 saturated carbocycles. The van der Waals surface area contributed by atoms with E-state index in [1.54, 1.807) is 0 Å². The van der Waals surface area contributed by atoms with E-state index in [4.69, 9.17) is 10.5 Å². The molecule has 0 aliphatic carbocycles. The van der Waals surface area contributed by atoms with Crippen LogP contribution in [0, 0.1) is 5.92 Å². The Kier molecular flexibility index (Phi) is 8.64. The summed E-state index contributed by atoms with van der Waals surface area (Å²) in [6, 6.07) is 0.559. The standard InChI is InChI=1S/C15H32N2O/c1-3-4-5-6-9-15(11-16)17(2)12-14-8-7-10-18-13-14/h14-15H,3-13,16H2,1-2H3. The average Bonchev–Trinajstić information content (AvgIpc) is 2.40. The number of hydrogen-bond donors (Lipinski definition) is 1. The molecule has 0 radical (unpaired) electrons. The fraction of sp³-hybridized carbons (Fsp3) is 1.00. The normalized spacial score (nSPS) is 22.3. The lowest BCUT2D eigenvalue weighted by Crippen LogP contribution is -2.42. The fourth-order valence-corrected chi connectivity index (χ4v) is 2.83. The highest BCUT2D eigenvalue weighted by molar-refractivity contribution is 4.74. The van der Waals surface area contributed by atoms with Crippen molar-refractivity contribution in [1.82, 2.24) is 4.90 Å². The van der Waals surface area contributed by atoms with Gasteiger partial charge in [-0.05, 0) is 32.2 Å². The molecule has 0 amide bonds. The Balaban J connectivity index is 2.20. The molecule has 3 nitrogen and oxygen atoms in total. The second-order valence-corrected chi connectivity index (χ2v) is 5.76. The Morgan fingerprint density at radius 3 is 2.78 bits per heavy atom. The summed E-state index contributed by atoms with van der Waals surface area (Å²) >= 11 is 0. The molecule has 2 atom stereocenters. The first-order valence-electron chi connectivity index (χ1n) is 7.76. The van der Waals surface area contributed by atoms with Crippen LogP contribution in [0.2, 0.25) is 0 Å². The number of likely N-dealkylation sites (N-methyl/N-ethyl adjacent to an activating group) is 1. The molecule has 1 saturated heterocycles. The number of hydrogen-bond acceptors (Lipinski definition) is 3. The van der Waals surface area contributed by atoms with Gasteiger partial charge in [-0.25, -0.2) is 0 Å². The van der Waals surface area contributed by atoms with Crippen molar-refractivity contribution in [3.8, 4) is 0 Å². The van der Waals surface area contributed by atoms with Crippen LogP contribution in [0.4, 0.5) is 0 Å². The molecular formula is C15H32N2O. The summed E-state index contributed by atoms with van der Waals surface area (Å²) < 4.78 is 5.55. The number of nitrogens with two attached hydrogens (primary N) is 1. The second-order valence-electron chi connectivity index (χ2n) is 5.76. The maximum atomic E-state index is 5.92. The number of ether oxygens (including phenoxy) is 1. The van der Waals surface area contributed by atoms with Gasteiger partial charge in [0.05, 0.1) is 6.61 Å². The Bertz CT molecular complexity index is 193. The molecule has 0 aromatic rings. The molecule has 1 aliphatic heterocycles. The minimum absolute atomic E-state index is 0.559. The van der Waals surface area contributed by atoms with Crippen LogP contribution in [0.15, 0.2) is 0 Å². The molecule has 18 heavy (non-hydrogen) atoms. The van der Waals surface area contributed by atoms with Gasteiger partial charge in [0.2, 0.25) is 0 Å². The summed E-state index contributed by atoms with van der Waals surface area (Å²) in [7, 11) is 2.23. The average molecular weight is 256 g/mol. The molecule has 0 aromatic heterocycles. The minimum atomic E-state index is 0.559. The van der Waals surface area contributed by atoms with Gasteiger partial charge in [-0.2, -0.15) is 0 Å². The van der Waals surface area contributed by atoms with E-state index in [1.165, 1.54) is 44.9 Å². The third-order valence-corrected chi connectivity index (χ3v) is 4.09. The zero-order valence-corrected chi connectivity index (χ0v) is 12.4. The first-order chi connectivity index (χ1) is 8.77. The van der Waals surface area contributed by atoms with Crippen LogP contribution < -0.4 is 5.73 Å². The summed E-state index contributed by atoms with van der Waals surface area (Å²) in [6.07, 6.45) is 9.13. The topological polar surface area (TPSA) is 38.5 Å². The quantitative estimate of drug-likeness (QED) is 0.645. The highest BCUT2D eigenvalue weighted by Crippen LogP contribution is 2.17. The van der Waals surface area contributed by atoms with Gasteiger partial charge in [0.1, 0.15) is 0 Å². The van der Waals surface area contributed by atoms with Crippen LogP contribution in [0.25, 0.3) is 0 Å². The molecular weight excluding hydrogens is 224 g/mol. The molecule has 3 heteroatoms. The lowest BCUT2D eigenvalue weighted by atomic mass is 10.00. The van der Waals surface area contributed by atoms with Crippen molar-refractivity contribution in [2.24, 2.45) is 11.7 Å². The second kappa shape index (κ2) is 9.76. The molecule has 0 spiro atoms. The van der Waals surface area contributed by atoms with Crippen molar-refractivity contribution >= 4 is 0 Å². The van der Waals surface area contributed by atoms with E-state index < -0.39 is 0 Å². The Labute approximate surface area is 113 Å². The summed E-state index contributed by atoms with van der Waals surface area (Å²) in [5, 5.41) is 0. The minimum Gasteiger partial charge on any atom is -0.381 e. The Morgan fingerprint density at radius 1 is 1.33 bits per heavy atom. The van der Waals surface area contributed by atoms with E-state index >= 15 is 0 Å². The number of unbranched alkanes of at least 4 members (excludes halogenated alkanes) is 3. The molecule has 0 bridgehead atoms. The van der Waals surface area contributed by atoms with E-state index in [2.05, 4.69) is 18.9 Å². The van der Waals surface area contributed by atoms with Gasteiger partial charge >= 0.3 is 0 Å². The first-order valence-corrected chi connectivity index (χ1v) is 7.76. The van der Waals surface area contributed by atoms with Gasteiger partial charge in [-0.1, -0.05) is 32.6 Å². The van der Waals surface area contributed by atoms with Gasteiger partial charge in [-0.15, -0.1) is 0 Å². The largest absolute Gasteiger partial charge is 0.381 e. The van der Waals surface area contributed by atoms with Gasteiger partial charge in [0.15, 0.2) is 0 Å². The highest BCUT2D eigenvalue weighted by Gasteiger charge is 2.19. The van der Waals surface area contributed by atoms with E-state index in [9.17, 15) is 0 Å². The smallest absolute Gasteiger partial charge is 0.0506 e. The van der Waals surface area contributed by atoms with Crippen molar-refractivity contribution in [3.63, 3.8) is 0 Å². The molecule has 1 heterocycles. The van der Waals surface area contributed by atoms with E-state index in [-0.39, 0.29) is 0 Å². The van der Waals surface area contributed by atoms with Crippen molar-refractivity contribution < 1.29 is 4.74 Å². The van der Waals surface area contributed by atoms with Crippen LogP contribution in [-0.2, 0) is 4.74 Å². The predicted octanol–water partition coefficient (Wildman–Crippen LogP) is 2.64. The SMILES string of the molecule is CCCCCCC(CN)N(C)CC1CCCOC1. The molecule has 2 N–H and O–H groups in total. The van der Waals surface area contributed by atoms with Crippen molar-refractivity contribution in [1.29, 1.82) is 0 Å². The van der Waals surface area contributed by atoms with E-state index in [0.29, 0.717) is 12.0 Å².